The van der Waals surface area contributed by atoms with Gasteiger partial charge in [0.1, 0.15) is 11.3 Å². The van der Waals surface area contributed by atoms with Crippen LogP contribution >= 0.6 is 11.8 Å². The number of thioether (sulfide) groups is 1. The van der Waals surface area contributed by atoms with Gasteiger partial charge in [-0.2, -0.15) is 10.3 Å². The van der Waals surface area contributed by atoms with Crippen LogP contribution in [0.2, 0.25) is 0 Å². The molecule has 1 unspecified atom stereocenters. The minimum Gasteiger partial charge on any atom is -0.384 e. The van der Waals surface area contributed by atoms with Gasteiger partial charge in [-0.25, -0.2) is 4.98 Å². The molecular formula is C20H20N6S. The monoisotopic (exact) mass is 376 g/mol. The fraction of sp³-hybridized carbons (Fsp3) is 0.150. The van der Waals surface area contributed by atoms with E-state index in [4.69, 9.17) is 5.73 Å². The van der Waals surface area contributed by atoms with Gasteiger partial charge in [-0.05, 0) is 17.2 Å². The fourth-order valence-corrected chi connectivity index (χ4v) is 4.15. The van der Waals surface area contributed by atoms with E-state index in [1.54, 1.807) is 11.8 Å². The number of rotatable bonds is 7. The van der Waals surface area contributed by atoms with Crippen LogP contribution < -0.4 is 11.1 Å². The highest BCUT2D eigenvalue weighted by Gasteiger charge is 2.17. The minimum atomic E-state index is 0.205. The summed E-state index contributed by atoms with van der Waals surface area (Å²) in [5.41, 5.74) is 9.75. The average Bonchev–Trinajstić information content (AvgIpc) is 3.17. The molecule has 0 saturated carbocycles. The van der Waals surface area contributed by atoms with Gasteiger partial charge < -0.3 is 11.1 Å². The van der Waals surface area contributed by atoms with E-state index in [1.165, 1.54) is 11.1 Å². The molecule has 136 valence electrons. The lowest BCUT2D eigenvalue weighted by Crippen LogP contribution is -2.19. The standard InChI is InChI=1S/C20H20N6S/c21-18-11-16(19-20(23-18)25-26-24-19)27-17(15-9-5-2-6-10-15)13-22-12-14-7-3-1-4-8-14/h1-11,17,22H,12-13H2,(H3,21,23,24,25,26). The second-order valence-corrected chi connectivity index (χ2v) is 7.42. The molecule has 1 atom stereocenters. The van der Waals surface area contributed by atoms with Crippen LogP contribution in [0.25, 0.3) is 11.2 Å². The highest BCUT2D eigenvalue weighted by atomic mass is 32.2. The molecule has 6 nitrogen and oxygen atoms in total. The van der Waals surface area contributed by atoms with Crippen LogP contribution in [0.4, 0.5) is 5.82 Å². The summed E-state index contributed by atoms with van der Waals surface area (Å²) in [5.74, 6) is 0.447. The van der Waals surface area contributed by atoms with Gasteiger partial charge >= 0.3 is 0 Å². The van der Waals surface area contributed by atoms with Gasteiger partial charge in [-0.1, -0.05) is 60.7 Å². The lowest BCUT2D eigenvalue weighted by atomic mass is 10.1. The van der Waals surface area contributed by atoms with Crippen LogP contribution in [-0.4, -0.2) is 26.9 Å². The third-order valence-corrected chi connectivity index (χ3v) is 5.51. The van der Waals surface area contributed by atoms with E-state index in [1.807, 2.05) is 18.2 Å². The number of nitrogens with one attached hydrogen (secondary N) is 2. The van der Waals surface area contributed by atoms with Gasteiger partial charge in [0.25, 0.3) is 0 Å². The Morgan fingerprint density at radius 3 is 2.52 bits per heavy atom. The summed E-state index contributed by atoms with van der Waals surface area (Å²) >= 11 is 1.72. The van der Waals surface area contributed by atoms with Gasteiger partial charge in [0.05, 0.1) is 0 Å². The summed E-state index contributed by atoms with van der Waals surface area (Å²) < 4.78 is 0. The van der Waals surface area contributed by atoms with Crippen molar-refractivity contribution in [2.45, 2.75) is 16.7 Å². The number of nitrogens with two attached hydrogens (primary N) is 1. The van der Waals surface area contributed by atoms with Crippen LogP contribution in [-0.2, 0) is 6.54 Å². The summed E-state index contributed by atoms with van der Waals surface area (Å²) in [7, 11) is 0. The molecule has 0 bridgehead atoms. The molecule has 4 aromatic rings. The first-order valence-corrected chi connectivity index (χ1v) is 9.61. The summed E-state index contributed by atoms with van der Waals surface area (Å²) in [5, 5.41) is 14.7. The van der Waals surface area contributed by atoms with E-state index in [2.05, 4.69) is 74.2 Å². The topological polar surface area (TPSA) is 92.5 Å². The summed E-state index contributed by atoms with van der Waals surface area (Å²) in [6.07, 6.45) is 0. The second-order valence-electron chi connectivity index (χ2n) is 6.17. The highest BCUT2D eigenvalue weighted by molar-refractivity contribution is 7.99. The predicted molar refractivity (Wildman–Crippen MR) is 109 cm³/mol. The van der Waals surface area contributed by atoms with Crippen molar-refractivity contribution in [2.24, 2.45) is 0 Å². The number of benzene rings is 2. The first-order valence-electron chi connectivity index (χ1n) is 8.73. The Balaban J connectivity index is 1.55. The molecule has 27 heavy (non-hydrogen) atoms. The number of fused-ring (bicyclic) bond motifs is 1. The van der Waals surface area contributed by atoms with Crippen molar-refractivity contribution in [3.8, 4) is 0 Å². The molecule has 0 aliphatic carbocycles. The maximum Gasteiger partial charge on any atom is 0.204 e. The maximum atomic E-state index is 5.95. The number of nitrogens with zero attached hydrogens (tertiary/aromatic N) is 3. The minimum absolute atomic E-state index is 0.205. The molecule has 0 amide bonds. The van der Waals surface area contributed by atoms with E-state index in [0.717, 1.165) is 23.5 Å². The number of anilines is 1. The number of hydrogen-bond donors (Lipinski definition) is 3. The van der Waals surface area contributed by atoms with Crippen molar-refractivity contribution in [3.63, 3.8) is 0 Å². The fourth-order valence-electron chi connectivity index (χ4n) is 2.91. The predicted octanol–water partition coefficient (Wildman–Crippen LogP) is 3.56. The Labute approximate surface area is 161 Å². The first-order chi connectivity index (χ1) is 13.3. The van der Waals surface area contributed by atoms with Crippen LogP contribution in [0.1, 0.15) is 16.4 Å². The summed E-state index contributed by atoms with van der Waals surface area (Å²) in [6.45, 7) is 1.63. The van der Waals surface area contributed by atoms with Crippen molar-refractivity contribution in [3.05, 3.63) is 77.9 Å². The van der Waals surface area contributed by atoms with Gasteiger partial charge in [0.15, 0.2) is 0 Å². The van der Waals surface area contributed by atoms with Crippen LogP contribution in [0.3, 0.4) is 0 Å². The Morgan fingerprint density at radius 1 is 1.00 bits per heavy atom. The Hall–Kier alpha value is -2.90. The number of aromatic amines is 1. The maximum absolute atomic E-state index is 5.95. The lowest BCUT2D eigenvalue weighted by Gasteiger charge is -2.18. The smallest absolute Gasteiger partial charge is 0.204 e. The highest BCUT2D eigenvalue weighted by Crippen LogP contribution is 2.38. The number of H-pyrrole nitrogens is 1. The number of aromatic nitrogens is 4. The van der Waals surface area contributed by atoms with Crippen LogP contribution in [0.15, 0.2) is 71.6 Å². The van der Waals surface area contributed by atoms with E-state index >= 15 is 0 Å². The van der Waals surface area contributed by atoms with Gasteiger partial charge in [-0.15, -0.1) is 16.9 Å². The van der Waals surface area contributed by atoms with Crippen molar-refractivity contribution < 1.29 is 0 Å². The molecule has 2 aromatic carbocycles. The van der Waals surface area contributed by atoms with Crippen molar-refractivity contribution in [1.29, 1.82) is 0 Å². The zero-order valence-corrected chi connectivity index (χ0v) is 15.5. The lowest BCUT2D eigenvalue weighted by molar-refractivity contribution is 0.679. The van der Waals surface area contributed by atoms with Gasteiger partial charge in [0, 0.05) is 23.2 Å². The average molecular weight is 376 g/mol. The molecule has 0 fully saturated rings. The largest absolute Gasteiger partial charge is 0.384 e. The summed E-state index contributed by atoms with van der Waals surface area (Å²) in [4.78, 5) is 5.20. The molecule has 0 radical (unpaired) electrons. The van der Waals surface area contributed by atoms with Crippen LogP contribution in [0, 0.1) is 0 Å². The van der Waals surface area contributed by atoms with Crippen molar-refractivity contribution >= 4 is 28.7 Å². The summed E-state index contributed by atoms with van der Waals surface area (Å²) in [6, 6.07) is 22.7. The quantitative estimate of drug-likeness (QED) is 0.427. The molecule has 0 saturated heterocycles. The molecular weight excluding hydrogens is 356 g/mol. The molecule has 7 heteroatoms. The molecule has 2 aromatic heterocycles. The zero-order valence-electron chi connectivity index (χ0n) is 14.7. The Kier molecular flexibility index (Phi) is 5.32. The van der Waals surface area contributed by atoms with E-state index in [-0.39, 0.29) is 5.25 Å². The van der Waals surface area contributed by atoms with Crippen molar-refractivity contribution in [2.75, 3.05) is 12.3 Å². The second kappa shape index (κ2) is 8.20. The number of pyridine rings is 1. The van der Waals surface area contributed by atoms with Crippen molar-refractivity contribution in [1.82, 2.24) is 25.7 Å². The SMILES string of the molecule is Nc1cc(SC(CNCc2ccccc2)c2ccccc2)c2n[nH]nc2n1. The Bertz CT molecular complexity index is 1000. The Morgan fingerprint density at radius 2 is 1.74 bits per heavy atom. The third kappa shape index (κ3) is 4.27. The number of hydrogen-bond acceptors (Lipinski definition) is 6. The van der Waals surface area contributed by atoms with Gasteiger partial charge in [0.2, 0.25) is 5.65 Å². The van der Waals surface area contributed by atoms with Gasteiger partial charge in [-0.3, -0.25) is 0 Å². The first kappa shape index (κ1) is 17.5. The molecule has 4 N–H and O–H groups in total. The normalized spacial score (nSPS) is 12.3. The third-order valence-electron chi connectivity index (χ3n) is 4.22. The molecule has 0 aliphatic heterocycles. The van der Waals surface area contributed by atoms with E-state index in [0.29, 0.717) is 11.5 Å². The molecule has 2 heterocycles. The number of nitrogen functional groups attached to an aromatic ring is 1. The van der Waals surface area contributed by atoms with E-state index in [9.17, 15) is 0 Å². The zero-order chi connectivity index (χ0) is 18.5. The molecule has 4 rings (SSSR count). The molecule has 0 aliphatic rings. The van der Waals surface area contributed by atoms with E-state index < -0.39 is 0 Å². The molecule has 0 spiro atoms. The van der Waals surface area contributed by atoms with Crippen LogP contribution in [0.5, 0.6) is 0 Å².